The molecule has 1 aliphatic heterocycles. The number of piperidine rings is 1. The maximum Gasteiger partial charge on any atom is 0.287 e. The molecule has 0 aliphatic carbocycles. The van der Waals surface area contributed by atoms with Crippen molar-refractivity contribution in [1.29, 1.82) is 0 Å². The van der Waals surface area contributed by atoms with E-state index in [0.29, 0.717) is 22.8 Å². The minimum Gasteiger partial charge on any atom is -0.365 e. The maximum atomic E-state index is 11.3. The van der Waals surface area contributed by atoms with Crippen molar-refractivity contribution in [1.82, 2.24) is 15.1 Å². The molecule has 1 amide bonds. The molecule has 1 aliphatic rings. The van der Waals surface area contributed by atoms with E-state index in [0.717, 1.165) is 43.5 Å². The fraction of sp³-hybridized carbons (Fsp3) is 0.500. The highest BCUT2D eigenvalue weighted by Crippen LogP contribution is 2.32. The van der Waals surface area contributed by atoms with Crippen LogP contribution in [0.5, 0.6) is 0 Å². The second-order valence-corrected chi connectivity index (χ2v) is 8.07. The summed E-state index contributed by atoms with van der Waals surface area (Å²) < 4.78 is 0. The summed E-state index contributed by atoms with van der Waals surface area (Å²) in [5.74, 6) is 0.0491. The molecule has 1 aromatic carbocycles. The van der Waals surface area contributed by atoms with E-state index in [-0.39, 0.29) is 18.5 Å². The molecule has 164 valence electrons. The number of hydrogen-bond donors (Lipinski definition) is 1. The quantitative estimate of drug-likeness (QED) is 0.626. The van der Waals surface area contributed by atoms with Crippen molar-refractivity contribution in [2.45, 2.75) is 58.5 Å². The number of anilines is 1. The van der Waals surface area contributed by atoms with E-state index in [9.17, 15) is 14.6 Å². The average molecular weight is 425 g/mol. The Bertz CT molecular complexity index is 964. The number of nitrogens with one attached hydrogen (secondary N) is 1. The van der Waals surface area contributed by atoms with Gasteiger partial charge in [-0.15, -0.1) is 20.0 Å². The third-order valence-electron chi connectivity index (χ3n) is 5.81. The number of aromatic nitrogens is 2. The van der Waals surface area contributed by atoms with E-state index in [2.05, 4.69) is 30.8 Å². The SMILES string of the molecule is CCc1ccc(-c2nnc(NC3CCCN(C(C)CC(=O)N=O)C3)cc2C)c(N=O)c1. The third kappa shape index (κ3) is 5.55. The second kappa shape index (κ2) is 10.3. The molecule has 0 spiro atoms. The molecule has 0 bridgehead atoms. The van der Waals surface area contributed by atoms with Gasteiger partial charge in [-0.1, -0.05) is 19.1 Å². The van der Waals surface area contributed by atoms with Crippen LogP contribution in [-0.4, -0.2) is 46.2 Å². The summed E-state index contributed by atoms with van der Waals surface area (Å²) in [6, 6.07) is 7.68. The summed E-state index contributed by atoms with van der Waals surface area (Å²) in [5, 5.41) is 17.8. The minimum atomic E-state index is -0.615. The molecule has 2 atom stereocenters. The smallest absolute Gasteiger partial charge is 0.287 e. The number of benzene rings is 1. The lowest BCUT2D eigenvalue weighted by atomic mass is 10.0. The predicted octanol–water partition coefficient (Wildman–Crippen LogP) is 4.36. The van der Waals surface area contributed by atoms with E-state index >= 15 is 0 Å². The zero-order chi connectivity index (χ0) is 22.4. The molecule has 2 unspecified atom stereocenters. The van der Waals surface area contributed by atoms with Crippen LogP contribution in [0.3, 0.4) is 0 Å². The van der Waals surface area contributed by atoms with Gasteiger partial charge in [-0.05, 0) is 68.1 Å². The molecule has 1 saturated heterocycles. The number of nitroso groups, excluding NO2 is 2. The van der Waals surface area contributed by atoms with Crippen LogP contribution in [0.1, 0.15) is 44.2 Å². The molecular formula is C22H28N6O3. The van der Waals surface area contributed by atoms with Gasteiger partial charge >= 0.3 is 0 Å². The first-order valence-corrected chi connectivity index (χ1v) is 10.6. The summed E-state index contributed by atoms with van der Waals surface area (Å²) in [5.41, 5.74) is 3.63. The van der Waals surface area contributed by atoms with Gasteiger partial charge in [0.15, 0.2) is 0 Å². The van der Waals surface area contributed by atoms with Gasteiger partial charge in [0.1, 0.15) is 11.5 Å². The van der Waals surface area contributed by atoms with Gasteiger partial charge in [0.2, 0.25) is 0 Å². The van der Waals surface area contributed by atoms with Gasteiger partial charge in [0, 0.05) is 35.8 Å². The molecule has 1 fully saturated rings. The Morgan fingerprint density at radius 2 is 2.10 bits per heavy atom. The van der Waals surface area contributed by atoms with E-state index in [1.165, 1.54) is 0 Å². The molecule has 0 saturated carbocycles. The van der Waals surface area contributed by atoms with E-state index in [4.69, 9.17) is 0 Å². The number of rotatable bonds is 8. The summed E-state index contributed by atoms with van der Waals surface area (Å²) in [6.07, 6.45) is 2.91. The number of carbonyl (C=O) groups is 1. The summed E-state index contributed by atoms with van der Waals surface area (Å²) in [4.78, 5) is 35.2. The van der Waals surface area contributed by atoms with E-state index in [1.807, 2.05) is 39.0 Å². The average Bonchev–Trinajstić information content (AvgIpc) is 2.79. The maximum absolute atomic E-state index is 11.3. The van der Waals surface area contributed by atoms with Crippen molar-refractivity contribution in [3.8, 4) is 11.3 Å². The number of nitrogens with zero attached hydrogens (tertiary/aromatic N) is 5. The minimum absolute atomic E-state index is 0.0367. The van der Waals surface area contributed by atoms with Crippen molar-refractivity contribution in [2.75, 3.05) is 18.4 Å². The molecule has 0 radical (unpaired) electrons. The molecule has 2 heterocycles. The van der Waals surface area contributed by atoms with E-state index in [1.54, 1.807) is 6.07 Å². The highest BCUT2D eigenvalue weighted by molar-refractivity contribution is 5.77. The Labute approximate surface area is 181 Å². The lowest BCUT2D eigenvalue weighted by molar-refractivity contribution is -0.119. The summed E-state index contributed by atoms with van der Waals surface area (Å²) >= 11 is 0. The topological polar surface area (TPSA) is 117 Å². The lowest BCUT2D eigenvalue weighted by Gasteiger charge is -2.36. The molecule has 31 heavy (non-hydrogen) atoms. The third-order valence-corrected chi connectivity index (χ3v) is 5.81. The molecule has 9 heteroatoms. The summed E-state index contributed by atoms with van der Waals surface area (Å²) in [7, 11) is 0. The van der Waals surface area contributed by atoms with Crippen LogP contribution in [0.25, 0.3) is 11.3 Å². The first-order chi connectivity index (χ1) is 14.9. The number of likely N-dealkylation sites (tertiary alicyclic amines) is 1. The molecular weight excluding hydrogens is 396 g/mol. The molecule has 2 aromatic rings. The normalized spacial score (nSPS) is 17.7. The fourth-order valence-electron chi connectivity index (χ4n) is 4.05. The largest absolute Gasteiger partial charge is 0.365 e. The second-order valence-electron chi connectivity index (χ2n) is 8.07. The van der Waals surface area contributed by atoms with Gasteiger partial charge in [-0.2, -0.15) is 0 Å². The Kier molecular flexibility index (Phi) is 7.51. The van der Waals surface area contributed by atoms with Crippen molar-refractivity contribution in [2.24, 2.45) is 10.4 Å². The lowest BCUT2D eigenvalue weighted by Crippen LogP contribution is -2.46. The molecule has 9 nitrogen and oxygen atoms in total. The van der Waals surface area contributed by atoms with Gasteiger partial charge in [-0.3, -0.25) is 9.69 Å². The van der Waals surface area contributed by atoms with Gasteiger partial charge < -0.3 is 5.32 Å². The van der Waals surface area contributed by atoms with Crippen LogP contribution < -0.4 is 5.32 Å². The number of carbonyl (C=O) groups excluding carboxylic acids is 1. The first-order valence-electron chi connectivity index (χ1n) is 10.6. The van der Waals surface area contributed by atoms with Gasteiger partial charge in [0.25, 0.3) is 5.91 Å². The first kappa shape index (κ1) is 22.6. The molecule has 1 N–H and O–H groups in total. The standard InChI is InChI=1S/C22H28N6O3/c1-4-16-7-8-18(19(12-16)26-30)22-14(2)10-20(24-25-22)23-17-6-5-9-28(13-17)15(3)11-21(29)27-31/h7-8,10,12,15,17H,4-6,9,11,13H2,1-3H3,(H,23,24). The predicted molar refractivity (Wildman–Crippen MR) is 120 cm³/mol. The Morgan fingerprint density at radius 1 is 1.29 bits per heavy atom. The van der Waals surface area contributed by atoms with E-state index < -0.39 is 5.91 Å². The Balaban J connectivity index is 1.71. The molecule has 1 aromatic heterocycles. The van der Waals surface area contributed by atoms with Crippen molar-refractivity contribution in [3.63, 3.8) is 0 Å². The van der Waals surface area contributed by atoms with Crippen LogP contribution in [0.2, 0.25) is 0 Å². The Morgan fingerprint density at radius 3 is 2.77 bits per heavy atom. The van der Waals surface area contributed by atoms with Crippen molar-refractivity contribution >= 4 is 17.4 Å². The Hall–Kier alpha value is -3.07. The van der Waals surface area contributed by atoms with Crippen molar-refractivity contribution in [3.05, 3.63) is 45.2 Å². The molecule has 3 rings (SSSR count). The van der Waals surface area contributed by atoms with Crippen molar-refractivity contribution < 1.29 is 4.79 Å². The highest BCUT2D eigenvalue weighted by Gasteiger charge is 2.25. The van der Waals surface area contributed by atoms with Crippen LogP contribution >= 0.6 is 0 Å². The zero-order valence-electron chi connectivity index (χ0n) is 18.2. The number of aryl methyl sites for hydroxylation is 2. The number of amides is 1. The van der Waals surface area contributed by atoms with Crippen LogP contribution in [0.4, 0.5) is 11.5 Å². The number of hydrogen-bond acceptors (Lipinski definition) is 8. The monoisotopic (exact) mass is 424 g/mol. The van der Waals surface area contributed by atoms with Gasteiger partial charge in [0.05, 0.1) is 5.69 Å². The fourth-order valence-corrected chi connectivity index (χ4v) is 4.05. The van der Waals surface area contributed by atoms with Crippen LogP contribution in [0, 0.1) is 16.7 Å². The van der Waals surface area contributed by atoms with Gasteiger partial charge in [-0.25, -0.2) is 0 Å². The van der Waals surface area contributed by atoms with Crippen LogP contribution in [-0.2, 0) is 11.2 Å². The summed E-state index contributed by atoms with van der Waals surface area (Å²) in [6.45, 7) is 7.52. The highest BCUT2D eigenvalue weighted by atomic mass is 16.3. The van der Waals surface area contributed by atoms with Crippen LogP contribution in [0.15, 0.2) is 34.6 Å². The zero-order valence-corrected chi connectivity index (χ0v) is 18.2.